The van der Waals surface area contributed by atoms with Crippen molar-refractivity contribution in [3.8, 4) is 0 Å². The monoisotopic (exact) mass is 240 g/mol. The Hall–Kier alpha value is -0.120. The molecule has 0 bridgehead atoms. The van der Waals surface area contributed by atoms with Crippen LogP contribution in [0.2, 0.25) is 0 Å². The summed E-state index contributed by atoms with van der Waals surface area (Å²) in [4.78, 5) is 2.58. The molecule has 0 aromatic rings. The average Bonchev–Trinajstić information content (AvgIpc) is 2.72. The third kappa shape index (κ3) is 3.21. The second-order valence-electron chi connectivity index (χ2n) is 6.98. The molecule has 2 aliphatic rings. The number of nitrogens with zero attached hydrogens (tertiary/aromatic N) is 1. The van der Waals surface area contributed by atoms with Gasteiger partial charge in [0.15, 0.2) is 0 Å². The Bertz CT molecular complexity index is 277. The summed E-state index contributed by atoms with van der Waals surface area (Å²) in [6.45, 7) is 14.5. The normalized spacial score (nSPS) is 38.1. The first-order valence-corrected chi connectivity index (χ1v) is 6.97. The van der Waals surface area contributed by atoms with Gasteiger partial charge in [-0.05, 0) is 59.9 Å². The Labute approximate surface area is 106 Å². The van der Waals surface area contributed by atoms with Crippen molar-refractivity contribution in [3.05, 3.63) is 0 Å². The van der Waals surface area contributed by atoms with Gasteiger partial charge in [-0.3, -0.25) is 5.32 Å². The molecule has 0 aliphatic carbocycles. The Morgan fingerprint density at radius 1 is 1.35 bits per heavy atom. The maximum Gasteiger partial charge on any atom is 0.117 e. The van der Waals surface area contributed by atoms with Gasteiger partial charge in [0.2, 0.25) is 0 Å². The first-order valence-electron chi connectivity index (χ1n) is 6.97. The maximum absolute atomic E-state index is 5.98. The minimum Gasteiger partial charge on any atom is -0.359 e. The van der Waals surface area contributed by atoms with E-state index < -0.39 is 0 Å². The van der Waals surface area contributed by atoms with E-state index in [0.717, 1.165) is 18.9 Å². The second-order valence-corrected chi connectivity index (χ2v) is 6.98. The van der Waals surface area contributed by atoms with Gasteiger partial charge in [0.1, 0.15) is 5.72 Å². The summed E-state index contributed by atoms with van der Waals surface area (Å²) in [5.41, 5.74) is 0.0201. The molecule has 2 unspecified atom stereocenters. The van der Waals surface area contributed by atoms with E-state index in [1.165, 1.54) is 19.5 Å². The molecule has 17 heavy (non-hydrogen) atoms. The Morgan fingerprint density at radius 2 is 2.06 bits per heavy atom. The zero-order valence-electron chi connectivity index (χ0n) is 12.0. The molecule has 2 atom stereocenters. The van der Waals surface area contributed by atoms with E-state index in [1.807, 2.05) is 0 Å². The predicted molar refractivity (Wildman–Crippen MR) is 71.0 cm³/mol. The fourth-order valence-corrected chi connectivity index (χ4v) is 3.29. The highest BCUT2D eigenvalue weighted by molar-refractivity contribution is 4.94. The van der Waals surface area contributed by atoms with E-state index in [1.54, 1.807) is 0 Å². The summed E-state index contributed by atoms with van der Waals surface area (Å²) in [6, 6.07) is 0.682. The molecule has 0 aromatic carbocycles. The Morgan fingerprint density at radius 3 is 2.53 bits per heavy atom. The molecule has 100 valence electrons. The molecular weight excluding hydrogens is 212 g/mol. The lowest BCUT2D eigenvalue weighted by molar-refractivity contribution is -0.0128. The van der Waals surface area contributed by atoms with Gasteiger partial charge in [-0.1, -0.05) is 0 Å². The molecule has 0 radical (unpaired) electrons. The molecule has 2 rings (SSSR count). The fourth-order valence-electron chi connectivity index (χ4n) is 3.29. The zero-order valence-corrected chi connectivity index (χ0v) is 12.0. The number of likely N-dealkylation sites (tertiary alicyclic amines) is 1. The van der Waals surface area contributed by atoms with E-state index in [-0.39, 0.29) is 11.3 Å². The molecule has 0 amide bonds. The third-order valence-corrected chi connectivity index (χ3v) is 4.08. The minimum atomic E-state index is -0.110. The average molecular weight is 240 g/mol. The molecule has 2 heterocycles. The molecule has 3 heteroatoms. The minimum absolute atomic E-state index is 0.110. The van der Waals surface area contributed by atoms with Crippen LogP contribution in [0, 0.1) is 5.92 Å². The summed E-state index contributed by atoms with van der Waals surface area (Å²) < 4.78 is 5.98. The number of hydrogen-bond donors (Lipinski definition) is 1. The Kier molecular flexibility index (Phi) is 3.54. The third-order valence-electron chi connectivity index (χ3n) is 4.08. The lowest BCUT2D eigenvalue weighted by atomic mass is 9.96. The predicted octanol–water partition coefficient (Wildman–Crippen LogP) is 2.22. The van der Waals surface area contributed by atoms with Gasteiger partial charge in [0, 0.05) is 18.1 Å². The summed E-state index contributed by atoms with van der Waals surface area (Å²) >= 11 is 0. The van der Waals surface area contributed by atoms with Crippen molar-refractivity contribution in [2.45, 2.75) is 64.8 Å². The highest BCUT2D eigenvalue weighted by Gasteiger charge is 2.42. The van der Waals surface area contributed by atoms with Gasteiger partial charge < -0.3 is 9.64 Å². The van der Waals surface area contributed by atoms with Crippen LogP contribution in [0.3, 0.4) is 0 Å². The molecule has 3 nitrogen and oxygen atoms in total. The summed E-state index contributed by atoms with van der Waals surface area (Å²) in [6.07, 6.45) is 2.46. The van der Waals surface area contributed by atoms with Gasteiger partial charge in [-0.2, -0.15) is 0 Å². The highest BCUT2D eigenvalue weighted by atomic mass is 16.5. The van der Waals surface area contributed by atoms with Crippen LogP contribution in [0.5, 0.6) is 0 Å². The van der Waals surface area contributed by atoms with Crippen LogP contribution in [0.4, 0.5) is 0 Å². The molecule has 2 fully saturated rings. The quantitative estimate of drug-likeness (QED) is 0.818. The summed E-state index contributed by atoms with van der Waals surface area (Å²) in [7, 11) is 0. The van der Waals surface area contributed by atoms with Crippen LogP contribution in [0.15, 0.2) is 0 Å². The van der Waals surface area contributed by atoms with Crippen LogP contribution in [-0.4, -0.2) is 41.9 Å². The van der Waals surface area contributed by atoms with E-state index >= 15 is 0 Å². The lowest BCUT2D eigenvalue weighted by Crippen LogP contribution is -2.47. The first-order chi connectivity index (χ1) is 7.80. The number of nitrogens with one attached hydrogen (secondary N) is 1. The molecule has 1 N–H and O–H groups in total. The lowest BCUT2D eigenvalue weighted by Gasteiger charge is -2.29. The standard InChI is InChI=1S/C14H28N2O/c1-11(2)16-7-6-12(9-16)8-14(5)15-13(3,4)10-17-14/h11-12,15H,6-10H2,1-5H3. The summed E-state index contributed by atoms with van der Waals surface area (Å²) in [5, 5.41) is 3.64. The largest absolute Gasteiger partial charge is 0.359 e. The van der Waals surface area contributed by atoms with Crippen molar-refractivity contribution in [1.82, 2.24) is 10.2 Å². The molecule has 2 saturated heterocycles. The SMILES string of the molecule is CC(C)N1CCC(CC2(C)NC(C)(C)CO2)C1. The van der Waals surface area contributed by atoms with Crippen LogP contribution >= 0.6 is 0 Å². The van der Waals surface area contributed by atoms with Crippen molar-refractivity contribution in [2.75, 3.05) is 19.7 Å². The smallest absolute Gasteiger partial charge is 0.117 e. The molecule has 0 saturated carbocycles. The highest BCUT2D eigenvalue weighted by Crippen LogP contribution is 2.32. The number of hydrogen-bond acceptors (Lipinski definition) is 3. The fraction of sp³-hybridized carbons (Fsp3) is 1.00. The number of rotatable bonds is 3. The van der Waals surface area contributed by atoms with Gasteiger partial charge in [-0.15, -0.1) is 0 Å². The van der Waals surface area contributed by atoms with Crippen molar-refractivity contribution in [2.24, 2.45) is 5.92 Å². The maximum atomic E-state index is 5.98. The molecular formula is C14H28N2O. The number of ether oxygens (including phenoxy) is 1. The van der Waals surface area contributed by atoms with Gasteiger partial charge in [-0.25, -0.2) is 0 Å². The van der Waals surface area contributed by atoms with E-state index in [4.69, 9.17) is 4.74 Å². The van der Waals surface area contributed by atoms with E-state index in [2.05, 4.69) is 44.8 Å². The topological polar surface area (TPSA) is 24.5 Å². The van der Waals surface area contributed by atoms with Crippen LogP contribution < -0.4 is 5.32 Å². The van der Waals surface area contributed by atoms with Gasteiger partial charge in [0.25, 0.3) is 0 Å². The van der Waals surface area contributed by atoms with E-state index in [0.29, 0.717) is 6.04 Å². The molecule has 0 spiro atoms. The van der Waals surface area contributed by atoms with Crippen LogP contribution in [0.25, 0.3) is 0 Å². The molecule has 2 aliphatic heterocycles. The second kappa shape index (κ2) is 4.52. The van der Waals surface area contributed by atoms with Gasteiger partial charge >= 0.3 is 0 Å². The van der Waals surface area contributed by atoms with Gasteiger partial charge in [0.05, 0.1) is 6.61 Å². The van der Waals surface area contributed by atoms with E-state index in [9.17, 15) is 0 Å². The van der Waals surface area contributed by atoms with Crippen molar-refractivity contribution in [3.63, 3.8) is 0 Å². The summed E-state index contributed by atoms with van der Waals surface area (Å²) in [5.74, 6) is 0.781. The van der Waals surface area contributed by atoms with Crippen molar-refractivity contribution >= 4 is 0 Å². The van der Waals surface area contributed by atoms with Crippen LogP contribution in [0.1, 0.15) is 47.5 Å². The molecule has 0 aromatic heterocycles. The van der Waals surface area contributed by atoms with Crippen LogP contribution in [-0.2, 0) is 4.74 Å². The zero-order chi connectivity index (χ0) is 12.7. The first kappa shape index (κ1) is 13.3. The Balaban J connectivity index is 1.86. The van der Waals surface area contributed by atoms with Crippen molar-refractivity contribution < 1.29 is 4.74 Å². The van der Waals surface area contributed by atoms with Crippen molar-refractivity contribution in [1.29, 1.82) is 0 Å².